The average Bonchev–Trinajstić information content (AvgIpc) is 3.15. The van der Waals surface area contributed by atoms with Crippen LogP contribution in [0.5, 0.6) is 0 Å². The van der Waals surface area contributed by atoms with Crippen molar-refractivity contribution in [1.82, 2.24) is 4.90 Å². The molecule has 0 bridgehead atoms. The van der Waals surface area contributed by atoms with Crippen molar-refractivity contribution < 1.29 is 4.79 Å². The highest BCUT2D eigenvalue weighted by molar-refractivity contribution is 7.10. The number of thiophene rings is 1. The summed E-state index contributed by atoms with van der Waals surface area (Å²) in [6.07, 6.45) is 0.858. The first kappa shape index (κ1) is 20.3. The van der Waals surface area contributed by atoms with E-state index >= 15 is 0 Å². The van der Waals surface area contributed by atoms with Gasteiger partial charge in [0.05, 0.1) is 6.04 Å². The maximum atomic E-state index is 13.2. The number of fused-ring (bicyclic) bond motifs is 1. The van der Waals surface area contributed by atoms with E-state index in [2.05, 4.69) is 54.9 Å². The van der Waals surface area contributed by atoms with Gasteiger partial charge in [-0.2, -0.15) is 0 Å². The first-order valence-electron chi connectivity index (χ1n) is 9.62. The first-order valence-corrected chi connectivity index (χ1v) is 11.3. The number of nitrogens with zero attached hydrogens (tertiary/aromatic N) is 1. The fourth-order valence-electron chi connectivity index (χ4n) is 3.78. The van der Waals surface area contributed by atoms with Gasteiger partial charge in [-0.25, -0.2) is 4.79 Å². The SMILES string of the molecule is CC(C)c1ccc(C2c3ccsc3CCN2C(=O)Nc2cc(Cl)cc(Cl)c2)cc1. The Morgan fingerprint density at radius 3 is 2.45 bits per heavy atom. The highest BCUT2D eigenvalue weighted by Gasteiger charge is 2.33. The molecule has 2 amide bonds. The van der Waals surface area contributed by atoms with Crippen LogP contribution in [0.4, 0.5) is 10.5 Å². The number of hydrogen-bond donors (Lipinski definition) is 1. The molecule has 1 unspecified atom stereocenters. The number of amides is 2. The van der Waals surface area contributed by atoms with Gasteiger partial charge in [0.15, 0.2) is 0 Å². The van der Waals surface area contributed by atoms with Crippen LogP contribution >= 0.6 is 34.5 Å². The lowest BCUT2D eigenvalue weighted by Crippen LogP contribution is -2.42. The Morgan fingerprint density at radius 1 is 1.10 bits per heavy atom. The van der Waals surface area contributed by atoms with Crippen molar-refractivity contribution in [1.29, 1.82) is 0 Å². The summed E-state index contributed by atoms with van der Waals surface area (Å²) in [6, 6.07) is 15.5. The van der Waals surface area contributed by atoms with Crippen molar-refractivity contribution in [3.8, 4) is 0 Å². The third kappa shape index (κ3) is 4.30. The zero-order valence-corrected chi connectivity index (χ0v) is 18.6. The second-order valence-corrected chi connectivity index (χ2v) is 9.43. The van der Waals surface area contributed by atoms with Crippen LogP contribution in [-0.4, -0.2) is 17.5 Å². The number of anilines is 1. The molecule has 3 aromatic rings. The summed E-state index contributed by atoms with van der Waals surface area (Å²) >= 11 is 13.9. The Hall–Kier alpha value is -2.01. The fraction of sp³-hybridized carbons (Fsp3) is 0.261. The first-order chi connectivity index (χ1) is 13.9. The van der Waals surface area contributed by atoms with E-state index < -0.39 is 0 Å². The van der Waals surface area contributed by atoms with Gasteiger partial charge >= 0.3 is 6.03 Å². The van der Waals surface area contributed by atoms with Gasteiger partial charge in [0.25, 0.3) is 0 Å². The van der Waals surface area contributed by atoms with Crippen molar-refractivity contribution in [2.45, 2.75) is 32.2 Å². The molecule has 2 heterocycles. The lowest BCUT2D eigenvalue weighted by molar-refractivity contribution is 0.194. The summed E-state index contributed by atoms with van der Waals surface area (Å²) in [7, 11) is 0. The van der Waals surface area contributed by atoms with Gasteiger partial charge < -0.3 is 10.2 Å². The number of urea groups is 1. The van der Waals surface area contributed by atoms with Crippen molar-refractivity contribution in [2.75, 3.05) is 11.9 Å². The molecule has 2 aromatic carbocycles. The molecule has 1 aliphatic rings. The predicted molar refractivity (Wildman–Crippen MR) is 123 cm³/mol. The summed E-state index contributed by atoms with van der Waals surface area (Å²) in [5.74, 6) is 0.471. The van der Waals surface area contributed by atoms with Crippen molar-refractivity contribution in [3.63, 3.8) is 0 Å². The van der Waals surface area contributed by atoms with E-state index in [0.29, 0.717) is 28.2 Å². The smallest absolute Gasteiger partial charge is 0.313 e. The molecule has 1 N–H and O–H groups in total. The van der Waals surface area contributed by atoms with Crippen LogP contribution in [0.2, 0.25) is 10.0 Å². The summed E-state index contributed by atoms with van der Waals surface area (Å²) < 4.78 is 0. The highest BCUT2D eigenvalue weighted by atomic mass is 35.5. The molecule has 0 saturated carbocycles. The minimum absolute atomic E-state index is 0.110. The molecule has 0 saturated heterocycles. The summed E-state index contributed by atoms with van der Waals surface area (Å²) in [4.78, 5) is 16.5. The second kappa shape index (κ2) is 8.39. The predicted octanol–water partition coefficient (Wildman–Crippen LogP) is 7.36. The molecule has 1 aliphatic heterocycles. The van der Waals surface area contributed by atoms with E-state index in [-0.39, 0.29) is 12.1 Å². The van der Waals surface area contributed by atoms with Gasteiger partial charge in [-0.1, -0.05) is 61.3 Å². The average molecular weight is 445 g/mol. The molecule has 1 atom stereocenters. The van der Waals surface area contributed by atoms with Crippen LogP contribution in [0.3, 0.4) is 0 Å². The van der Waals surface area contributed by atoms with E-state index in [1.807, 2.05) is 4.90 Å². The largest absolute Gasteiger partial charge is 0.322 e. The van der Waals surface area contributed by atoms with Crippen LogP contribution in [0.15, 0.2) is 53.9 Å². The molecule has 29 heavy (non-hydrogen) atoms. The molecule has 0 fully saturated rings. The van der Waals surface area contributed by atoms with Crippen LogP contribution < -0.4 is 5.32 Å². The zero-order chi connectivity index (χ0) is 20.5. The summed E-state index contributed by atoms with van der Waals surface area (Å²) in [5, 5.41) is 6.06. The number of carbonyl (C=O) groups is 1. The van der Waals surface area contributed by atoms with E-state index in [1.54, 1.807) is 29.5 Å². The van der Waals surface area contributed by atoms with Gasteiger partial charge in [-0.3, -0.25) is 0 Å². The van der Waals surface area contributed by atoms with E-state index in [4.69, 9.17) is 23.2 Å². The molecule has 0 radical (unpaired) electrons. The van der Waals surface area contributed by atoms with E-state index in [0.717, 1.165) is 12.0 Å². The standard InChI is InChI=1S/C23H22Cl2N2OS/c1-14(2)15-3-5-16(6-4-15)22-20-8-10-29-21(20)7-9-27(22)23(28)26-19-12-17(24)11-18(25)13-19/h3-6,8,10-14,22H,7,9H2,1-2H3,(H,26,28). The number of hydrogen-bond acceptors (Lipinski definition) is 2. The maximum absolute atomic E-state index is 13.2. The topological polar surface area (TPSA) is 32.3 Å². The minimum atomic E-state index is -0.155. The minimum Gasteiger partial charge on any atom is -0.313 e. The Balaban J connectivity index is 1.66. The normalized spacial score (nSPS) is 16.0. The number of nitrogens with one attached hydrogen (secondary N) is 1. The Morgan fingerprint density at radius 2 is 1.79 bits per heavy atom. The third-order valence-corrected chi connectivity index (χ3v) is 6.69. The second-order valence-electron chi connectivity index (χ2n) is 7.55. The monoisotopic (exact) mass is 444 g/mol. The number of benzene rings is 2. The maximum Gasteiger partial charge on any atom is 0.322 e. The zero-order valence-electron chi connectivity index (χ0n) is 16.3. The molecule has 1 aromatic heterocycles. The van der Waals surface area contributed by atoms with Gasteiger partial charge in [0, 0.05) is 27.2 Å². The number of carbonyl (C=O) groups excluding carboxylic acids is 1. The Labute approximate surface area is 185 Å². The summed E-state index contributed by atoms with van der Waals surface area (Å²) in [5.41, 5.74) is 4.21. The lowest BCUT2D eigenvalue weighted by atomic mass is 9.91. The van der Waals surface area contributed by atoms with Crippen molar-refractivity contribution >= 4 is 46.3 Å². The molecule has 0 spiro atoms. The Kier molecular flexibility index (Phi) is 5.86. The molecule has 150 valence electrons. The van der Waals surface area contributed by atoms with Crippen LogP contribution in [0, 0.1) is 0 Å². The molecule has 6 heteroatoms. The fourth-order valence-corrected chi connectivity index (χ4v) is 5.21. The highest BCUT2D eigenvalue weighted by Crippen LogP contribution is 2.38. The van der Waals surface area contributed by atoms with Gasteiger partial charge in [0.2, 0.25) is 0 Å². The van der Waals surface area contributed by atoms with Crippen molar-refractivity contribution in [2.24, 2.45) is 0 Å². The lowest BCUT2D eigenvalue weighted by Gasteiger charge is -2.36. The molecule has 4 rings (SSSR count). The molecular formula is C23H22Cl2N2OS. The number of rotatable bonds is 3. The van der Waals surface area contributed by atoms with E-state index in [9.17, 15) is 4.79 Å². The van der Waals surface area contributed by atoms with Gasteiger partial charge in [-0.05, 0) is 58.7 Å². The molecular weight excluding hydrogens is 423 g/mol. The van der Waals surface area contributed by atoms with E-state index in [1.165, 1.54) is 16.0 Å². The van der Waals surface area contributed by atoms with Crippen LogP contribution in [0.25, 0.3) is 0 Å². The van der Waals surface area contributed by atoms with Gasteiger partial charge in [0.1, 0.15) is 0 Å². The quantitative estimate of drug-likeness (QED) is 0.449. The third-order valence-electron chi connectivity index (χ3n) is 5.26. The van der Waals surface area contributed by atoms with Crippen molar-refractivity contribution in [3.05, 3.63) is 85.5 Å². The number of halogens is 2. The molecule has 3 nitrogen and oxygen atoms in total. The summed E-state index contributed by atoms with van der Waals surface area (Å²) in [6.45, 7) is 5.02. The molecule has 0 aliphatic carbocycles. The van der Waals surface area contributed by atoms with Crippen LogP contribution in [0.1, 0.15) is 47.4 Å². The Bertz CT molecular complexity index is 1010. The van der Waals surface area contributed by atoms with Gasteiger partial charge in [-0.15, -0.1) is 11.3 Å². The van der Waals surface area contributed by atoms with Crippen LogP contribution in [-0.2, 0) is 6.42 Å².